The number of aromatic nitrogens is 1. The zero-order valence-corrected chi connectivity index (χ0v) is 9.18. The fraction of sp³-hybridized carbons (Fsp3) is 0.455. The summed E-state index contributed by atoms with van der Waals surface area (Å²) in [5.41, 5.74) is 0.489. The molecule has 0 aliphatic carbocycles. The van der Waals surface area contributed by atoms with Crippen molar-refractivity contribution < 1.29 is 0 Å². The van der Waals surface area contributed by atoms with E-state index < -0.39 is 0 Å². The number of pyridine rings is 1. The molecule has 14 heavy (non-hydrogen) atoms. The molecule has 1 heterocycles. The third-order valence-corrected chi connectivity index (χ3v) is 2.94. The molecule has 0 aliphatic rings. The van der Waals surface area contributed by atoms with E-state index in [-0.39, 0.29) is 0 Å². The van der Waals surface area contributed by atoms with E-state index in [0.717, 1.165) is 10.6 Å². The molecule has 0 aromatic carbocycles. The molecule has 1 rings (SSSR count). The van der Waals surface area contributed by atoms with Crippen LogP contribution in [0, 0.1) is 11.3 Å². The smallest absolute Gasteiger partial charge is 0.140 e. The van der Waals surface area contributed by atoms with Crippen molar-refractivity contribution in [2.45, 2.75) is 31.1 Å². The number of rotatable bonds is 5. The molecule has 0 aliphatic heterocycles. The van der Waals surface area contributed by atoms with Gasteiger partial charge in [0.2, 0.25) is 0 Å². The van der Waals surface area contributed by atoms with Gasteiger partial charge in [-0.25, -0.2) is 4.98 Å². The Bertz CT molecular complexity index is 300. The van der Waals surface area contributed by atoms with Gasteiger partial charge in [0, 0.05) is 11.1 Å². The quantitative estimate of drug-likeness (QED) is 0.548. The molecule has 74 valence electrons. The SMILES string of the molecule is CCCCCSc1ccc(C#N)nc1. The van der Waals surface area contributed by atoms with Gasteiger partial charge in [0.25, 0.3) is 0 Å². The second-order valence-corrected chi connectivity index (χ2v) is 4.21. The molecular weight excluding hydrogens is 192 g/mol. The molecule has 1 aromatic heterocycles. The van der Waals surface area contributed by atoms with E-state index in [9.17, 15) is 0 Å². The van der Waals surface area contributed by atoms with Gasteiger partial charge >= 0.3 is 0 Å². The second kappa shape index (κ2) is 6.44. The van der Waals surface area contributed by atoms with Crippen LogP contribution in [0.25, 0.3) is 0 Å². The lowest BCUT2D eigenvalue weighted by Gasteiger charge is -1.99. The van der Waals surface area contributed by atoms with Gasteiger partial charge in [0.1, 0.15) is 11.8 Å². The Morgan fingerprint density at radius 3 is 2.86 bits per heavy atom. The Balaban J connectivity index is 2.33. The second-order valence-electron chi connectivity index (χ2n) is 3.05. The molecule has 2 nitrogen and oxygen atoms in total. The maximum atomic E-state index is 8.56. The molecule has 0 saturated carbocycles. The first-order valence-corrected chi connectivity index (χ1v) is 5.84. The number of nitrogens with zero attached hydrogens (tertiary/aromatic N) is 2. The number of unbranched alkanes of at least 4 members (excludes halogenated alkanes) is 2. The van der Waals surface area contributed by atoms with Crippen LogP contribution in [0.1, 0.15) is 31.9 Å². The Morgan fingerprint density at radius 1 is 1.43 bits per heavy atom. The Labute approximate surface area is 89.4 Å². The fourth-order valence-corrected chi connectivity index (χ4v) is 1.95. The van der Waals surface area contributed by atoms with E-state index in [1.165, 1.54) is 19.3 Å². The minimum atomic E-state index is 0.489. The highest BCUT2D eigenvalue weighted by Crippen LogP contribution is 2.18. The van der Waals surface area contributed by atoms with E-state index in [4.69, 9.17) is 5.26 Å². The molecule has 0 atom stereocenters. The highest BCUT2D eigenvalue weighted by molar-refractivity contribution is 7.99. The molecule has 0 amide bonds. The van der Waals surface area contributed by atoms with Gasteiger partial charge in [-0.2, -0.15) is 5.26 Å². The Morgan fingerprint density at radius 2 is 2.29 bits per heavy atom. The highest BCUT2D eigenvalue weighted by Gasteiger charge is 1.95. The van der Waals surface area contributed by atoms with Crippen LogP contribution < -0.4 is 0 Å². The van der Waals surface area contributed by atoms with Crippen molar-refractivity contribution in [3.63, 3.8) is 0 Å². The molecule has 0 unspecified atom stereocenters. The minimum absolute atomic E-state index is 0.489. The van der Waals surface area contributed by atoms with Crippen LogP contribution in [0.15, 0.2) is 23.2 Å². The predicted molar refractivity (Wildman–Crippen MR) is 59.2 cm³/mol. The fourth-order valence-electron chi connectivity index (χ4n) is 1.07. The zero-order valence-electron chi connectivity index (χ0n) is 8.36. The predicted octanol–water partition coefficient (Wildman–Crippen LogP) is 3.24. The van der Waals surface area contributed by atoms with E-state index in [0.29, 0.717) is 5.69 Å². The van der Waals surface area contributed by atoms with Crippen LogP contribution in [0.2, 0.25) is 0 Å². The highest BCUT2D eigenvalue weighted by atomic mass is 32.2. The summed E-state index contributed by atoms with van der Waals surface area (Å²) in [5, 5.41) is 8.56. The lowest BCUT2D eigenvalue weighted by molar-refractivity contribution is 0.778. The van der Waals surface area contributed by atoms with Gasteiger partial charge in [-0.05, 0) is 24.3 Å². The largest absolute Gasteiger partial charge is 0.244 e. The van der Waals surface area contributed by atoms with Crippen molar-refractivity contribution in [3.05, 3.63) is 24.0 Å². The normalized spacial score (nSPS) is 9.71. The molecule has 0 bridgehead atoms. The molecule has 0 fully saturated rings. The lowest BCUT2D eigenvalue weighted by atomic mass is 10.3. The molecular formula is C11H14N2S. The topological polar surface area (TPSA) is 36.7 Å². The van der Waals surface area contributed by atoms with Gasteiger partial charge in [-0.3, -0.25) is 0 Å². The van der Waals surface area contributed by atoms with E-state index in [2.05, 4.69) is 11.9 Å². The van der Waals surface area contributed by atoms with Crippen LogP contribution in [0.4, 0.5) is 0 Å². The van der Waals surface area contributed by atoms with Gasteiger partial charge in [-0.1, -0.05) is 19.8 Å². The zero-order chi connectivity index (χ0) is 10.2. The summed E-state index contributed by atoms with van der Waals surface area (Å²) in [7, 11) is 0. The van der Waals surface area contributed by atoms with E-state index >= 15 is 0 Å². The van der Waals surface area contributed by atoms with Crippen LogP contribution in [0.3, 0.4) is 0 Å². The first-order chi connectivity index (χ1) is 6.86. The third kappa shape index (κ3) is 3.80. The maximum absolute atomic E-state index is 8.56. The summed E-state index contributed by atoms with van der Waals surface area (Å²) in [6, 6.07) is 5.74. The van der Waals surface area contributed by atoms with Gasteiger partial charge in [0.05, 0.1) is 0 Å². The van der Waals surface area contributed by atoms with Crippen molar-refractivity contribution >= 4 is 11.8 Å². The molecule has 3 heteroatoms. The molecule has 0 N–H and O–H groups in total. The molecule has 0 spiro atoms. The van der Waals surface area contributed by atoms with Crippen LogP contribution in [0.5, 0.6) is 0 Å². The first kappa shape index (κ1) is 11.1. The van der Waals surface area contributed by atoms with Gasteiger partial charge < -0.3 is 0 Å². The number of nitriles is 1. The maximum Gasteiger partial charge on any atom is 0.140 e. The molecule has 0 radical (unpaired) electrons. The van der Waals surface area contributed by atoms with Crippen molar-refractivity contribution in [3.8, 4) is 6.07 Å². The van der Waals surface area contributed by atoms with Gasteiger partial charge in [-0.15, -0.1) is 11.8 Å². The Kier molecular flexibility index (Phi) is 5.09. The summed E-state index contributed by atoms with van der Waals surface area (Å²) in [6.07, 6.45) is 5.57. The number of hydrogen-bond donors (Lipinski definition) is 0. The standard InChI is InChI=1S/C11H14N2S/c1-2-3-4-7-14-11-6-5-10(8-12)13-9-11/h5-6,9H,2-4,7H2,1H3. The number of hydrogen-bond acceptors (Lipinski definition) is 3. The van der Waals surface area contributed by atoms with Crippen LogP contribution in [-0.2, 0) is 0 Å². The Hall–Kier alpha value is -1.01. The van der Waals surface area contributed by atoms with Crippen LogP contribution >= 0.6 is 11.8 Å². The minimum Gasteiger partial charge on any atom is -0.244 e. The summed E-state index contributed by atoms with van der Waals surface area (Å²) in [6.45, 7) is 2.20. The summed E-state index contributed by atoms with van der Waals surface area (Å²) in [4.78, 5) is 5.17. The lowest BCUT2D eigenvalue weighted by Crippen LogP contribution is -1.83. The average molecular weight is 206 g/mol. The molecule has 1 aromatic rings. The monoisotopic (exact) mass is 206 g/mol. The van der Waals surface area contributed by atoms with E-state index in [1.807, 2.05) is 23.9 Å². The van der Waals surface area contributed by atoms with Crippen molar-refractivity contribution in [1.29, 1.82) is 5.26 Å². The first-order valence-electron chi connectivity index (χ1n) is 4.85. The van der Waals surface area contributed by atoms with Crippen molar-refractivity contribution in [2.75, 3.05) is 5.75 Å². The third-order valence-electron chi connectivity index (χ3n) is 1.87. The van der Waals surface area contributed by atoms with Crippen molar-refractivity contribution in [1.82, 2.24) is 4.98 Å². The van der Waals surface area contributed by atoms with Crippen LogP contribution in [-0.4, -0.2) is 10.7 Å². The van der Waals surface area contributed by atoms with Crippen molar-refractivity contribution in [2.24, 2.45) is 0 Å². The molecule has 0 saturated heterocycles. The van der Waals surface area contributed by atoms with E-state index in [1.54, 1.807) is 12.3 Å². The number of thioether (sulfide) groups is 1. The summed E-state index contributed by atoms with van der Waals surface area (Å²) >= 11 is 1.81. The summed E-state index contributed by atoms with van der Waals surface area (Å²) < 4.78 is 0. The van der Waals surface area contributed by atoms with Gasteiger partial charge in [0.15, 0.2) is 0 Å². The average Bonchev–Trinajstić information content (AvgIpc) is 2.25. The summed E-state index contributed by atoms with van der Waals surface area (Å²) in [5.74, 6) is 1.14.